The number of methoxy groups -OCH3 is 1. The summed E-state index contributed by atoms with van der Waals surface area (Å²) in [7, 11) is 1.56. The number of hydrogen-bond donors (Lipinski definition) is 1. The number of nitrogens with one attached hydrogen (secondary N) is 1. The first-order valence-electron chi connectivity index (χ1n) is 7.71. The monoisotopic (exact) mass is 371 g/mol. The molecule has 1 atom stereocenters. The predicted octanol–water partition coefficient (Wildman–Crippen LogP) is 1.69. The highest BCUT2D eigenvalue weighted by molar-refractivity contribution is 8.15. The van der Waals surface area contributed by atoms with Crippen LogP contribution in [0.25, 0.3) is 0 Å². The number of aromatic carboxylic acids is 1. The molecule has 0 radical (unpaired) electrons. The highest BCUT2D eigenvalue weighted by atomic mass is 32.2. The Labute approximate surface area is 153 Å². The number of ether oxygens (including phenoxy) is 1. The van der Waals surface area contributed by atoms with Crippen molar-refractivity contribution in [2.45, 2.75) is 11.9 Å². The number of nitrogens with zero attached hydrogens (tertiary/aromatic N) is 1. The SMILES string of the molecule is COc1ccc(N[C@@H]2SC(=O)N(Cc3ccc(C(=O)[O-])cc3)C2=O)cc1. The quantitative estimate of drug-likeness (QED) is 0.825. The van der Waals surface area contributed by atoms with Gasteiger partial charge in [-0.1, -0.05) is 24.3 Å². The molecule has 0 bridgehead atoms. The van der Waals surface area contributed by atoms with Crippen LogP contribution in [-0.4, -0.2) is 34.5 Å². The number of anilines is 1. The van der Waals surface area contributed by atoms with E-state index in [2.05, 4.69) is 5.32 Å². The van der Waals surface area contributed by atoms with Gasteiger partial charge >= 0.3 is 0 Å². The molecule has 1 aliphatic heterocycles. The molecule has 2 amide bonds. The lowest BCUT2D eigenvalue weighted by Gasteiger charge is -2.15. The minimum Gasteiger partial charge on any atom is -0.545 e. The molecule has 2 aromatic rings. The van der Waals surface area contributed by atoms with Gasteiger partial charge in [-0.2, -0.15) is 0 Å². The third-order valence-corrected chi connectivity index (χ3v) is 4.82. The number of imide groups is 1. The number of thioether (sulfide) groups is 1. The van der Waals surface area contributed by atoms with Crippen LogP contribution < -0.4 is 15.2 Å². The number of carboxylic acid groups (broad SMARTS) is 1. The Kier molecular flexibility index (Phi) is 5.13. The smallest absolute Gasteiger partial charge is 0.291 e. The van der Waals surface area contributed by atoms with Gasteiger partial charge < -0.3 is 20.0 Å². The molecule has 26 heavy (non-hydrogen) atoms. The number of carbonyl (C=O) groups excluding carboxylic acids is 3. The summed E-state index contributed by atoms with van der Waals surface area (Å²) < 4.78 is 5.08. The summed E-state index contributed by atoms with van der Waals surface area (Å²) in [6.07, 6.45) is 0. The third-order valence-electron chi connectivity index (χ3n) is 3.85. The van der Waals surface area contributed by atoms with Gasteiger partial charge in [-0.15, -0.1) is 0 Å². The fraction of sp³-hybridized carbons (Fsp3) is 0.167. The van der Waals surface area contributed by atoms with Gasteiger partial charge in [-0.25, -0.2) is 0 Å². The molecule has 1 saturated heterocycles. The molecule has 0 spiro atoms. The Morgan fingerprint density at radius 3 is 2.38 bits per heavy atom. The van der Waals surface area contributed by atoms with E-state index in [1.165, 1.54) is 12.1 Å². The van der Waals surface area contributed by atoms with E-state index >= 15 is 0 Å². The summed E-state index contributed by atoms with van der Waals surface area (Å²) in [4.78, 5) is 36.6. The van der Waals surface area contributed by atoms with Crippen molar-refractivity contribution < 1.29 is 24.2 Å². The van der Waals surface area contributed by atoms with Gasteiger partial charge in [-0.05, 0) is 47.2 Å². The molecule has 0 aliphatic carbocycles. The molecule has 1 fully saturated rings. The molecule has 1 N–H and O–H groups in total. The first-order chi connectivity index (χ1) is 12.5. The minimum absolute atomic E-state index is 0.0428. The summed E-state index contributed by atoms with van der Waals surface area (Å²) in [5.41, 5.74) is 1.40. The van der Waals surface area contributed by atoms with Crippen molar-refractivity contribution >= 4 is 34.6 Å². The Morgan fingerprint density at radius 2 is 1.81 bits per heavy atom. The van der Waals surface area contributed by atoms with Crippen LogP contribution in [0.3, 0.4) is 0 Å². The van der Waals surface area contributed by atoms with Crippen LogP contribution in [0.4, 0.5) is 10.5 Å². The molecule has 134 valence electrons. The highest BCUT2D eigenvalue weighted by Gasteiger charge is 2.39. The first-order valence-corrected chi connectivity index (χ1v) is 8.59. The lowest BCUT2D eigenvalue weighted by Crippen LogP contribution is -2.34. The van der Waals surface area contributed by atoms with Gasteiger partial charge in [0.15, 0.2) is 5.37 Å². The van der Waals surface area contributed by atoms with Crippen LogP contribution in [0.15, 0.2) is 48.5 Å². The van der Waals surface area contributed by atoms with Crippen molar-refractivity contribution in [2.75, 3.05) is 12.4 Å². The number of carboxylic acids is 1. The van der Waals surface area contributed by atoms with Gasteiger partial charge in [-0.3, -0.25) is 14.5 Å². The van der Waals surface area contributed by atoms with E-state index in [1.54, 1.807) is 43.5 Å². The van der Waals surface area contributed by atoms with E-state index in [-0.39, 0.29) is 23.3 Å². The average Bonchev–Trinajstić information content (AvgIpc) is 2.90. The molecule has 8 heteroatoms. The second kappa shape index (κ2) is 7.49. The van der Waals surface area contributed by atoms with Gasteiger partial charge in [0, 0.05) is 5.69 Å². The van der Waals surface area contributed by atoms with Crippen LogP contribution in [0, 0.1) is 0 Å². The summed E-state index contributed by atoms with van der Waals surface area (Å²) in [6, 6.07) is 12.9. The zero-order valence-electron chi connectivity index (χ0n) is 13.8. The van der Waals surface area contributed by atoms with Crippen molar-refractivity contribution in [1.29, 1.82) is 0 Å². The topological polar surface area (TPSA) is 98.8 Å². The van der Waals surface area contributed by atoms with Crippen molar-refractivity contribution in [3.05, 3.63) is 59.7 Å². The largest absolute Gasteiger partial charge is 0.545 e. The molecule has 0 unspecified atom stereocenters. The minimum atomic E-state index is -1.27. The number of amides is 2. The third kappa shape index (κ3) is 3.80. The number of carbonyl (C=O) groups is 3. The maximum Gasteiger partial charge on any atom is 0.291 e. The van der Waals surface area contributed by atoms with Gasteiger partial charge in [0.2, 0.25) is 0 Å². The van der Waals surface area contributed by atoms with E-state index in [1.807, 2.05) is 0 Å². The number of benzene rings is 2. The second-order valence-electron chi connectivity index (χ2n) is 5.55. The average molecular weight is 371 g/mol. The predicted molar refractivity (Wildman–Crippen MR) is 94.7 cm³/mol. The summed E-state index contributed by atoms with van der Waals surface area (Å²) >= 11 is 0.905. The zero-order valence-corrected chi connectivity index (χ0v) is 14.6. The lowest BCUT2D eigenvalue weighted by molar-refractivity contribution is -0.255. The normalized spacial score (nSPS) is 16.7. The molecule has 0 saturated carbocycles. The summed E-state index contributed by atoms with van der Waals surface area (Å²) in [5, 5.41) is 12.7. The van der Waals surface area contributed by atoms with Crippen LogP contribution in [0.1, 0.15) is 15.9 Å². The standard InChI is InChI=1S/C18H16N2O5S/c1-25-14-8-6-13(7-9-14)19-15-16(21)20(18(24)26-15)10-11-2-4-12(5-3-11)17(22)23/h2-9,15,19H,10H2,1H3,(H,22,23)/p-1/t15-/m1/s1. The van der Waals surface area contributed by atoms with Crippen LogP contribution in [0.2, 0.25) is 0 Å². The van der Waals surface area contributed by atoms with E-state index in [0.717, 1.165) is 16.7 Å². The van der Waals surface area contributed by atoms with Crippen molar-refractivity contribution in [2.24, 2.45) is 0 Å². The Hall–Kier alpha value is -3.00. The molecule has 3 rings (SSSR count). The molecule has 7 nitrogen and oxygen atoms in total. The van der Waals surface area contributed by atoms with Gasteiger partial charge in [0.25, 0.3) is 11.1 Å². The summed E-state index contributed by atoms with van der Waals surface area (Å²) in [5.74, 6) is -0.928. The molecule has 0 aromatic heterocycles. The van der Waals surface area contributed by atoms with Crippen molar-refractivity contribution in [1.82, 2.24) is 4.90 Å². The maximum absolute atomic E-state index is 12.5. The fourth-order valence-corrected chi connectivity index (χ4v) is 3.35. The van der Waals surface area contributed by atoms with Crippen LogP contribution in [0.5, 0.6) is 5.75 Å². The summed E-state index contributed by atoms with van der Waals surface area (Å²) in [6.45, 7) is 0.0821. The Balaban J connectivity index is 1.67. The highest BCUT2D eigenvalue weighted by Crippen LogP contribution is 2.30. The Bertz CT molecular complexity index is 836. The van der Waals surface area contributed by atoms with Gasteiger partial charge in [0.1, 0.15) is 5.75 Å². The van der Waals surface area contributed by atoms with Crippen molar-refractivity contribution in [3.8, 4) is 5.75 Å². The van der Waals surface area contributed by atoms with E-state index < -0.39 is 11.3 Å². The molecular formula is C18H15N2O5S-. The van der Waals surface area contributed by atoms with Crippen LogP contribution >= 0.6 is 11.8 Å². The number of hydrogen-bond acceptors (Lipinski definition) is 7. The first kappa shape index (κ1) is 17.8. The second-order valence-corrected chi connectivity index (χ2v) is 6.60. The maximum atomic E-state index is 12.5. The van der Waals surface area contributed by atoms with E-state index in [4.69, 9.17) is 4.74 Å². The van der Waals surface area contributed by atoms with Crippen molar-refractivity contribution in [3.63, 3.8) is 0 Å². The number of rotatable bonds is 6. The molecular weight excluding hydrogens is 356 g/mol. The van der Waals surface area contributed by atoms with Gasteiger partial charge in [0.05, 0.1) is 19.6 Å². The van der Waals surface area contributed by atoms with Crippen LogP contribution in [-0.2, 0) is 11.3 Å². The Morgan fingerprint density at radius 1 is 1.15 bits per heavy atom. The van der Waals surface area contributed by atoms with E-state index in [0.29, 0.717) is 17.0 Å². The zero-order chi connectivity index (χ0) is 18.7. The fourth-order valence-electron chi connectivity index (χ4n) is 2.45. The lowest BCUT2D eigenvalue weighted by atomic mass is 10.1. The molecule has 1 aliphatic rings. The van der Waals surface area contributed by atoms with E-state index in [9.17, 15) is 19.5 Å². The molecule has 2 aromatic carbocycles. The molecule has 1 heterocycles.